The van der Waals surface area contributed by atoms with Crippen LogP contribution in [0, 0.1) is 11.3 Å². The van der Waals surface area contributed by atoms with Crippen molar-refractivity contribution in [2.45, 2.75) is 11.7 Å². The topological polar surface area (TPSA) is 65.2 Å². The number of piperazine rings is 1. The molecule has 2 aliphatic heterocycles. The fourth-order valence-corrected chi connectivity index (χ4v) is 3.34. The van der Waals surface area contributed by atoms with Gasteiger partial charge >= 0.3 is 0 Å². The van der Waals surface area contributed by atoms with Crippen molar-refractivity contribution in [3.8, 4) is 6.07 Å². The van der Waals surface area contributed by atoms with Crippen molar-refractivity contribution in [3.63, 3.8) is 0 Å². The Morgan fingerprint density at radius 2 is 2.00 bits per heavy atom. The van der Waals surface area contributed by atoms with Gasteiger partial charge < -0.3 is 9.80 Å². The standard InChI is InChI=1S/C12H15N5OS/c1-15-2-4-16(5-3-15)10-9(8-13)11(18)17-6-7-19-12(17)14-10/h2-7H2,1H3. The number of rotatable bonds is 1. The number of hydrogen-bond acceptors (Lipinski definition) is 6. The summed E-state index contributed by atoms with van der Waals surface area (Å²) in [6.45, 7) is 4.14. The van der Waals surface area contributed by atoms with Crippen molar-refractivity contribution in [1.29, 1.82) is 5.26 Å². The van der Waals surface area contributed by atoms with Gasteiger partial charge in [0.15, 0.2) is 16.5 Å². The predicted octanol–water partition coefficient (Wildman–Crippen LogP) is -0.0275. The quantitative estimate of drug-likeness (QED) is 0.672. The van der Waals surface area contributed by atoms with Crippen LogP contribution in [0.4, 0.5) is 5.82 Å². The van der Waals surface area contributed by atoms with Gasteiger partial charge in [-0.05, 0) is 7.05 Å². The summed E-state index contributed by atoms with van der Waals surface area (Å²) in [6, 6.07) is 2.04. The van der Waals surface area contributed by atoms with E-state index in [1.54, 1.807) is 16.3 Å². The number of fused-ring (bicyclic) bond motifs is 1. The molecule has 0 aliphatic carbocycles. The molecule has 0 saturated carbocycles. The summed E-state index contributed by atoms with van der Waals surface area (Å²) in [7, 11) is 2.07. The molecule has 0 N–H and O–H groups in total. The molecule has 1 aromatic rings. The summed E-state index contributed by atoms with van der Waals surface area (Å²) in [5.41, 5.74) is 0.00207. The van der Waals surface area contributed by atoms with Gasteiger partial charge in [-0.3, -0.25) is 9.36 Å². The Hall–Kier alpha value is -1.52. The Morgan fingerprint density at radius 1 is 1.26 bits per heavy atom. The largest absolute Gasteiger partial charge is 0.353 e. The van der Waals surface area contributed by atoms with Crippen LogP contribution in [0.2, 0.25) is 0 Å². The molecule has 0 spiro atoms. The second-order valence-electron chi connectivity index (χ2n) is 4.80. The Kier molecular flexibility index (Phi) is 3.21. The Bertz CT molecular complexity index is 597. The highest BCUT2D eigenvalue weighted by Crippen LogP contribution is 2.26. The van der Waals surface area contributed by atoms with E-state index in [-0.39, 0.29) is 11.1 Å². The number of nitriles is 1. The first-order valence-electron chi connectivity index (χ1n) is 6.32. The van der Waals surface area contributed by atoms with Gasteiger partial charge in [-0.25, -0.2) is 4.98 Å². The van der Waals surface area contributed by atoms with E-state index >= 15 is 0 Å². The first kappa shape index (κ1) is 12.5. The molecule has 0 amide bonds. The number of likely N-dealkylation sites (N-methyl/N-ethyl adjacent to an activating group) is 1. The van der Waals surface area contributed by atoms with Gasteiger partial charge in [-0.2, -0.15) is 5.26 Å². The lowest BCUT2D eigenvalue weighted by molar-refractivity contribution is 0.311. The monoisotopic (exact) mass is 277 g/mol. The van der Waals surface area contributed by atoms with Crippen molar-refractivity contribution < 1.29 is 0 Å². The average Bonchev–Trinajstić information content (AvgIpc) is 2.88. The van der Waals surface area contributed by atoms with E-state index in [1.807, 2.05) is 6.07 Å². The first-order chi connectivity index (χ1) is 9.20. The minimum absolute atomic E-state index is 0.188. The van der Waals surface area contributed by atoms with E-state index in [4.69, 9.17) is 0 Å². The Balaban J connectivity index is 2.04. The van der Waals surface area contributed by atoms with Crippen LogP contribution in [0.5, 0.6) is 0 Å². The second kappa shape index (κ2) is 4.87. The molecule has 7 heteroatoms. The van der Waals surface area contributed by atoms with E-state index < -0.39 is 0 Å². The molecule has 6 nitrogen and oxygen atoms in total. The molecular weight excluding hydrogens is 262 g/mol. The van der Waals surface area contributed by atoms with Crippen LogP contribution in [-0.2, 0) is 6.54 Å². The van der Waals surface area contributed by atoms with Crippen molar-refractivity contribution >= 4 is 17.6 Å². The summed E-state index contributed by atoms with van der Waals surface area (Å²) in [5.74, 6) is 1.43. The van der Waals surface area contributed by atoms with Crippen LogP contribution >= 0.6 is 11.8 Å². The molecule has 1 saturated heterocycles. The minimum atomic E-state index is -0.188. The van der Waals surface area contributed by atoms with E-state index in [9.17, 15) is 10.1 Å². The van der Waals surface area contributed by atoms with Crippen molar-refractivity contribution in [2.75, 3.05) is 43.9 Å². The Labute approximate surface area is 115 Å². The molecule has 0 atom stereocenters. The Morgan fingerprint density at radius 3 is 2.68 bits per heavy atom. The summed E-state index contributed by atoms with van der Waals surface area (Å²) in [6.07, 6.45) is 0. The molecule has 100 valence electrons. The summed E-state index contributed by atoms with van der Waals surface area (Å²) >= 11 is 1.59. The van der Waals surface area contributed by atoms with Gasteiger partial charge in [0.2, 0.25) is 0 Å². The van der Waals surface area contributed by atoms with E-state index in [1.165, 1.54) is 0 Å². The van der Waals surface area contributed by atoms with E-state index in [2.05, 4.69) is 21.8 Å². The van der Waals surface area contributed by atoms with Crippen LogP contribution in [0.3, 0.4) is 0 Å². The highest BCUT2D eigenvalue weighted by atomic mass is 32.2. The summed E-state index contributed by atoms with van der Waals surface area (Å²) < 4.78 is 1.61. The van der Waals surface area contributed by atoms with Gasteiger partial charge in [0.1, 0.15) is 6.07 Å². The third-order valence-corrected chi connectivity index (χ3v) is 4.53. The fourth-order valence-electron chi connectivity index (χ4n) is 2.40. The van der Waals surface area contributed by atoms with Crippen LogP contribution in [-0.4, -0.2) is 53.4 Å². The molecule has 19 heavy (non-hydrogen) atoms. The van der Waals surface area contributed by atoms with Crippen molar-refractivity contribution in [3.05, 3.63) is 15.9 Å². The van der Waals surface area contributed by atoms with E-state index in [0.717, 1.165) is 37.1 Å². The molecule has 2 aliphatic rings. The average molecular weight is 277 g/mol. The van der Waals surface area contributed by atoms with Gasteiger partial charge in [0, 0.05) is 38.5 Å². The summed E-state index contributed by atoms with van der Waals surface area (Å²) in [4.78, 5) is 21.1. The normalized spacial score (nSPS) is 19.3. The molecule has 0 unspecified atom stereocenters. The third kappa shape index (κ3) is 2.11. The summed E-state index contributed by atoms with van der Waals surface area (Å²) in [5, 5.41) is 10.0. The molecule has 0 bridgehead atoms. The van der Waals surface area contributed by atoms with Crippen LogP contribution < -0.4 is 10.5 Å². The molecule has 0 radical (unpaired) electrons. The fraction of sp³-hybridized carbons (Fsp3) is 0.583. The third-order valence-electron chi connectivity index (χ3n) is 3.58. The number of aromatic nitrogens is 2. The van der Waals surface area contributed by atoms with Gasteiger partial charge in [0.05, 0.1) is 0 Å². The highest BCUT2D eigenvalue weighted by molar-refractivity contribution is 7.99. The van der Waals surface area contributed by atoms with Gasteiger partial charge in [0.25, 0.3) is 5.56 Å². The molecule has 3 rings (SSSR count). The zero-order chi connectivity index (χ0) is 13.4. The second-order valence-corrected chi connectivity index (χ2v) is 5.86. The predicted molar refractivity (Wildman–Crippen MR) is 73.6 cm³/mol. The van der Waals surface area contributed by atoms with Crippen LogP contribution in [0.1, 0.15) is 5.56 Å². The maximum absolute atomic E-state index is 12.3. The molecular formula is C12H15N5OS. The van der Waals surface area contributed by atoms with Crippen LogP contribution in [0.25, 0.3) is 0 Å². The highest BCUT2D eigenvalue weighted by Gasteiger charge is 2.25. The molecule has 0 aromatic carbocycles. The smallest absolute Gasteiger partial charge is 0.274 e. The lowest BCUT2D eigenvalue weighted by Gasteiger charge is -2.33. The molecule has 1 fully saturated rings. The van der Waals surface area contributed by atoms with Gasteiger partial charge in [-0.1, -0.05) is 11.8 Å². The zero-order valence-electron chi connectivity index (χ0n) is 10.8. The lowest BCUT2D eigenvalue weighted by atomic mass is 10.2. The molecule has 1 aromatic heterocycles. The van der Waals surface area contributed by atoms with Gasteiger partial charge in [-0.15, -0.1) is 0 Å². The maximum atomic E-state index is 12.3. The molecule has 3 heterocycles. The van der Waals surface area contributed by atoms with Crippen LogP contribution in [0.15, 0.2) is 9.95 Å². The number of thioether (sulfide) groups is 1. The number of anilines is 1. The maximum Gasteiger partial charge on any atom is 0.274 e. The van der Waals surface area contributed by atoms with Crippen molar-refractivity contribution in [2.24, 2.45) is 0 Å². The lowest BCUT2D eigenvalue weighted by Crippen LogP contribution is -2.46. The number of hydrogen-bond donors (Lipinski definition) is 0. The SMILES string of the molecule is CN1CCN(c2nc3n(c(=O)c2C#N)CCS3)CC1. The van der Waals surface area contributed by atoms with Crippen molar-refractivity contribution in [1.82, 2.24) is 14.5 Å². The minimum Gasteiger partial charge on any atom is -0.353 e. The zero-order valence-corrected chi connectivity index (χ0v) is 11.6. The number of nitrogens with zero attached hydrogens (tertiary/aromatic N) is 5. The first-order valence-corrected chi connectivity index (χ1v) is 7.30. The van der Waals surface area contributed by atoms with E-state index in [0.29, 0.717) is 12.4 Å².